The Kier molecular flexibility index (Phi) is 9.49. The average molecular weight is 199 g/mol. The summed E-state index contributed by atoms with van der Waals surface area (Å²) >= 11 is 0. The van der Waals surface area contributed by atoms with E-state index in [9.17, 15) is 0 Å². The van der Waals surface area contributed by atoms with Crippen molar-refractivity contribution in [2.75, 3.05) is 7.05 Å². The van der Waals surface area contributed by atoms with E-state index in [4.69, 9.17) is 0 Å². The Labute approximate surface area is 90.7 Å². The molecule has 0 rings (SSSR count). The molecule has 0 aliphatic heterocycles. The number of unbranched alkanes of at least 4 members (excludes halogenated alkanes) is 4. The highest BCUT2D eigenvalue weighted by molar-refractivity contribution is 4.70. The maximum atomic E-state index is 3.44. The summed E-state index contributed by atoms with van der Waals surface area (Å²) in [6.07, 6.45) is 9.65. The van der Waals surface area contributed by atoms with E-state index >= 15 is 0 Å². The standard InChI is InChI=1S/C13H29N/c1-5-7-8-9-10-11-13(14-4)12(3)6-2/h12-14H,5-11H2,1-4H3. The highest BCUT2D eigenvalue weighted by atomic mass is 14.9. The second-order valence-corrected chi connectivity index (χ2v) is 4.48. The first kappa shape index (κ1) is 14.0. The molecular formula is C13H29N. The van der Waals surface area contributed by atoms with Crippen LogP contribution in [0.25, 0.3) is 0 Å². The minimum atomic E-state index is 0.738. The SMILES string of the molecule is CCCCCCCC(NC)C(C)CC. The van der Waals surface area contributed by atoms with Crippen LogP contribution in [0.1, 0.15) is 65.7 Å². The summed E-state index contributed by atoms with van der Waals surface area (Å²) in [4.78, 5) is 0. The van der Waals surface area contributed by atoms with Crippen molar-refractivity contribution in [3.05, 3.63) is 0 Å². The molecule has 1 heteroatoms. The molecule has 2 atom stereocenters. The van der Waals surface area contributed by atoms with Crippen molar-refractivity contribution in [3.63, 3.8) is 0 Å². The molecule has 14 heavy (non-hydrogen) atoms. The largest absolute Gasteiger partial charge is 0.317 e. The average Bonchev–Trinajstić information content (AvgIpc) is 2.22. The van der Waals surface area contributed by atoms with E-state index in [0.29, 0.717) is 0 Å². The Balaban J connectivity index is 3.42. The molecule has 1 N–H and O–H groups in total. The zero-order valence-corrected chi connectivity index (χ0v) is 10.6. The lowest BCUT2D eigenvalue weighted by molar-refractivity contribution is 0.356. The van der Waals surface area contributed by atoms with Crippen LogP contribution in [-0.2, 0) is 0 Å². The molecule has 0 aromatic heterocycles. The van der Waals surface area contributed by atoms with Crippen molar-refractivity contribution >= 4 is 0 Å². The Morgan fingerprint density at radius 2 is 1.64 bits per heavy atom. The second kappa shape index (κ2) is 9.51. The summed E-state index contributed by atoms with van der Waals surface area (Å²) in [6, 6.07) is 0.738. The predicted octanol–water partition coefficient (Wildman–Crippen LogP) is 3.98. The van der Waals surface area contributed by atoms with Crippen LogP contribution in [0.5, 0.6) is 0 Å². The van der Waals surface area contributed by atoms with Crippen molar-refractivity contribution < 1.29 is 0 Å². The van der Waals surface area contributed by atoms with Crippen molar-refractivity contribution in [1.82, 2.24) is 5.32 Å². The van der Waals surface area contributed by atoms with Crippen LogP contribution < -0.4 is 5.32 Å². The molecule has 0 aliphatic carbocycles. The Morgan fingerprint density at radius 1 is 1.00 bits per heavy atom. The number of hydrogen-bond donors (Lipinski definition) is 1. The van der Waals surface area contributed by atoms with Gasteiger partial charge in [0.2, 0.25) is 0 Å². The second-order valence-electron chi connectivity index (χ2n) is 4.48. The lowest BCUT2D eigenvalue weighted by Gasteiger charge is -2.22. The van der Waals surface area contributed by atoms with Crippen molar-refractivity contribution in [3.8, 4) is 0 Å². The fourth-order valence-corrected chi connectivity index (χ4v) is 1.97. The van der Waals surface area contributed by atoms with Gasteiger partial charge in [0.05, 0.1) is 0 Å². The number of hydrogen-bond acceptors (Lipinski definition) is 1. The maximum Gasteiger partial charge on any atom is 0.00895 e. The molecule has 1 nitrogen and oxygen atoms in total. The Bertz CT molecular complexity index is 112. The normalized spacial score (nSPS) is 15.4. The summed E-state index contributed by atoms with van der Waals surface area (Å²) in [7, 11) is 2.10. The van der Waals surface area contributed by atoms with Crippen LogP contribution >= 0.6 is 0 Å². The van der Waals surface area contributed by atoms with Gasteiger partial charge in [0, 0.05) is 6.04 Å². The summed E-state index contributed by atoms with van der Waals surface area (Å²) in [5.74, 6) is 0.825. The Morgan fingerprint density at radius 3 is 2.14 bits per heavy atom. The first-order chi connectivity index (χ1) is 6.76. The number of nitrogens with one attached hydrogen (secondary N) is 1. The topological polar surface area (TPSA) is 12.0 Å². The summed E-state index contributed by atoms with van der Waals surface area (Å²) in [5.41, 5.74) is 0. The van der Waals surface area contributed by atoms with E-state index in [-0.39, 0.29) is 0 Å². The maximum absolute atomic E-state index is 3.44. The van der Waals surface area contributed by atoms with Gasteiger partial charge in [-0.15, -0.1) is 0 Å². The fraction of sp³-hybridized carbons (Fsp3) is 1.00. The lowest BCUT2D eigenvalue weighted by atomic mass is 9.94. The predicted molar refractivity (Wildman–Crippen MR) is 65.7 cm³/mol. The highest BCUT2D eigenvalue weighted by Gasteiger charge is 2.12. The molecule has 86 valence electrons. The quantitative estimate of drug-likeness (QED) is 0.554. The van der Waals surface area contributed by atoms with Gasteiger partial charge in [-0.1, -0.05) is 59.3 Å². The monoisotopic (exact) mass is 199 g/mol. The first-order valence-electron chi connectivity index (χ1n) is 6.43. The first-order valence-corrected chi connectivity index (χ1v) is 6.43. The van der Waals surface area contributed by atoms with Crippen LogP contribution in [0, 0.1) is 5.92 Å². The third-order valence-corrected chi connectivity index (χ3v) is 3.32. The molecule has 0 aromatic carbocycles. The summed E-state index contributed by atoms with van der Waals surface area (Å²) < 4.78 is 0. The minimum absolute atomic E-state index is 0.738. The minimum Gasteiger partial charge on any atom is -0.317 e. The zero-order valence-electron chi connectivity index (χ0n) is 10.6. The van der Waals surface area contributed by atoms with Gasteiger partial charge in [-0.2, -0.15) is 0 Å². The lowest BCUT2D eigenvalue weighted by Crippen LogP contribution is -2.31. The van der Waals surface area contributed by atoms with Gasteiger partial charge in [0.25, 0.3) is 0 Å². The number of rotatable bonds is 9. The zero-order chi connectivity index (χ0) is 10.8. The molecule has 0 fully saturated rings. The molecular weight excluding hydrogens is 170 g/mol. The molecule has 0 bridgehead atoms. The molecule has 0 aliphatic rings. The van der Waals surface area contributed by atoms with Crippen LogP contribution in [0.15, 0.2) is 0 Å². The molecule has 0 spiro atoms. The summed E-state index contributed by atoms with van der Waals surface area (Å²) in [5, 5.41) is 3.44. The van der Waals surface area contributed by atoms with Crippen LogP contribution in [0.2, 0.25) is 0 Å². The molecule has 2 unspecified atom stereocenters. The van der Waals surface area contributed by atoms with E-state index in [2.05, 4.69) is 33.1 Å². The van der Waals surface area contributed by atoms with Crippen molar-refractivity contribution in [2.24, 2.45) is 5.92 Å². The van der Waals surface area contributed by atoms with Gasteiger partial charge in [-0.05, 0) is 19.4 Å². The van der Waals surface area contributed by atoms with Crippen LogP contribution in [0.3, 0.4) is 0 Å². The van der Waals surface area contributed by atoms with E-state index in [1.807, 2.05) is 0 Å². The molecule has 0 amide bonds. The molecule has 0 radical (unpaired) electrons. The van der Waals surface area contributed by atoms with Gasteiger partial charge in [0.15, 0.2) is 0 Å². The molecule has 0 saturated heterocycles. The molecule has 0 aromatic rings. The van der Waals surface area contributed by atoms with Crippen molar-refractivity contribution in [1.29, 1.82) is 0 Å². The third kappa shape index (κ3) is 6.42. The fourth-order valence-electron chi connectivity index (χ4n) is 1.97. The van der Waals surface area contributed by atoms with Crippen molar-refractivity contribution in [2.45, 2.75) is 71.8 Å². The van der Waals surface area contributed by atoms with Gasteiger partial charge in [-0.25, -0.2) is 0 Å². The van der Waals surface area contributed by atoms with E-state index < -0.39 is 0 Å². The van der Waals surface area contributed by atoms with Crippen LogP contribution in [0.4, 0.5) is 0 Å². The summed E-state index contributed by atoms with van der Waals surface area (Å²) in [6.45, 7) is 6.91. The van der Waals surface area contributed by atoms with Gasteiger partial charge in [-0.3, -0.25) is 0 Å². The third-order valence-electron chi connectivity index (χ3n) is 3.32. The van der Waals surface area contributed by atoms with E-state index in [1.165, 1.54) is 44.9 Å². The highest BCUT2D eigenvalue weighted by Crippen LogP contribution is 2.14. The van der Waals surface area contributed by atoms with Gasteiger partial charge >= 0.3 is 0 Å². The molecule has 0 saturated carbocycles. The Hall–Kier alpha value is -0.0400. The van der Waals surface area contributed by atoms with Crippen LogP contribution in [-0.4, -0.2) is 13.1 Å². The van der Waals surface area contributed by atoms with E-state index in [0.717, 1.165) is 12.0 Å². The smallest absolute Gasteiger partial charge is 0.00895 e. The van der Waals surface area contributed by atoms with Gasteiger partial charge in [0.1, 0.15) is 0 Å². The van der Waals surface area contributed by atoms with Gasteiger partial charge < -0.3 is 5.32 Å². The molecule has 0 heterocycles. The van der Waals surface area contributed by atoms with E-state index in [1.54, 1.807) is 0 Å².